The van der Waals surface area contributed by atoms with Gasteiger partial charge < -0.3 is 9.64 Å². The first-order valence-electron chi connectivity index (χ1n) is 9.18. The molecule has 1 aromatic carbocycles. The van der Waals surface area contributed by atoms with E-state index in [0.29, 0.717) is 0 Å². The van der Waals surface area contributed by atoms with Crippen molar-refractivity contribution < 1.29 is 22.3 Å². The zero-order valence-electron chi connectivity index (χ0n) is 15.5. The second-order valence-corrected chi connectivity index (χ2v) is 6.99. The van der Waals surface area contributed by atoms with Crippen LogP contribution in [-0.2, 0) is 11.3 Å². The molecule has 2 fully saturated rings. The summed E-state index contributed by atoms with van der Waals surface area (Å²) in [4.78, 5) is 4.69. The lowest BCUT2D eigenvalue weighted by molar-refractivity contribution is 0.00819. The highest BCUT2D eigenvalue weighted by atomic mass is 19.4. The van der Waals surface area contributed by atoms with Gasteiger partial charge in [0.25, 0.3) is 0 Å². The summed E-state index contributed by atoms with van der Waals surface area (Å²) in [5.41, 5.74) is 3.07. The molecule has 0 saturated carbocycles. The molecule has 0 aromatic heterocycles. The smallest absolute Gasteiger partial charge is 0.378 e. The van der Waals surface area contributed by atoms with Crippen LogP contribution in [0.4, 0.5) is 23.2 Å². The second-order valence-electron chi connectivity index (χ2n) is 6.99. The van der Waals surface area contributed by atoms with Gasteiger partial charge in [-0.2, -0.15) is 13.2 Å². The first kappa shape index (κ1) is 21.0. The van der Waals surface area contributed by atoms with Crippen molar-refractivity contribution in [3.05, 3.63) is 29.1 Å². The lowest BCUT2D eigenvalue weighted by Gasteiger charge is -2.30. The first-order chi connectivity index (χ1) is 12.4. The van der Waals surface area contributed by atoms with E-state index in [9.17, 15) is 17.6 Å². The lowest BCUT2D eigenvalue weighted by atomic mass is 9.95. The van der Waals surface area contributed by atoms with Gasteiger partial charge in [0.05, 0.1) is 13.2 Å². The summed E-state index contributed by atoms with van der Waals surface area (Å²) < 4.78 is 49.1. The summed E-state index contributed by atoms with van der Waals surface area (Å²) in [5, 5.41) is 0. The van der Waals surface area contributed by atoms with E-state index in [1.807, 2.05) is 0 Å². The number of nitrogens with zero attached hydrogens (tertiary/aromatic N) is 2. The fraction of sp³-hybridized carbons (Fsp3) is 0.684. The number of likely N-dealkylation sites (tertiary alicyclic amines) is 1. The average molecular weight is 376 g/mol. The van der Waals surface area contributed by atoms with Crippen LogP contribution in [0.1, 0.15) is 43.7 Å². The van der Waals surface area contributed by atoms with Gasteiger partial charge in [0, 0.05) is 25.3 Å². The molecule has 0 bridgehead atoms. The van der Waals surface area contributed by atoms with Gasteiger partial charge in [-0.1, -0.05) is 13.8 Å². The Balaban J connectivity index is 0.000000552. The van der Waals surface area contributed by atoms with Gasteiger partial charge in [-0.15, -0.1) is 0 Å². The van der Waals surface area contributed by atoms with Crippen LogP contribution in [0.2, 0.25) is 0 Å². The van der Waals surface area contributed by atoms with Crippen LogP contribution in [0.15, 0.2) is 12.1 Å². The zero-order valence-corrected chi connectivity index (χ0v) is 15.5. The molecular weight excluding hydrogens is 348 g/mol. The summed E-state index contributed by atoms with van der Waals surface area (Å²) in [7, 11) is 0. The maximum atomic E-state index is 14.7. The van der Waals surface area contributed by atoms with Gasteiger partial charge in [-0.25, -0.2) is 4.39 Å². The van der Waals surface area contributed by atoms with E-state index in [0.717, 1.165) is 57.2 Å². The summed E-state index contributed by atoms with van der Waals surface area (Å²) in [5.74, 6) is 0.171. The molecule has 0 radical (unpaired) electrons. The van der Waals surface area contributed by atoms with Crippen molar-refractivity contribution in [1.82, 2.24) is 4.90 Å². The molecule has 3 nitrogen and oxygen atoms in total. The Kier molecular flexibility index (Phi) is 8.15. The van der Waals surface area contributed by atoms with Crippen LogP contribution in [-0.4, -0.2) is 51.0 Å². The Hall–Kier alpha value is -1.34. The predicted molar refractivity (Wildman–Crippen MR) is 95.1 cm³/mol. The SMILES string of the molecule is CC(C)c1c(F)cc(N2CCOCC2)cc1CN1CCCC1.FC(F)F. The predicted octanol–water partition coefficient (Wildman–Crippen LogP) is 4.56. The summed E-state index contributed by atoms with van der Waals surface area (Å²) in [6, 6.07) is 3.93. The molecule has 1 aromatic rings. The third kappa shape index (κ3) is 6.13. The maximum absolute atomic E-state index is 14.7. The minimum absolute atomic E-state index is 0.0480. The second kappa shape index (κ2) is 10.1. The number of anilines is 1. The minimum atomic E-state index is -3.67. The van der Waals surface area contributed by atoms with Crippen LogP contribution in [0, 0.1) is 5.82 Å². The van der Waals surface area contributed by atoms with Crippen molar-refractivity contribution in [3.8, 4) is 0 Å². The van der Waals surface area contributed by atoms with E-state index in [1.165, 1.54) is 18.4 Å². The van der Waals surface area contributed by atoms with Crippen molar-refractivity contribution in [2.75, 3.05) is 44.3 Å². The van der Waals surface area contributed by atoms with Gasteiger partial charge in [0.15, 0.2) is 0 Å². The number of rotatable bonds is 4. The van der Waals surface area contributed by atoms with Crippen LogP contribution < -0.4 is 4.90 Å². The average Bonchev–Trinajstić information content (AvgIpc) is 3.07. The number of ether oxygens (including phenoxy) is 1. The molecule has 0 atom stereocenters. The third-order valence-corrected chi connectivity index (χ3v) is 4.75. The summed E-state index contributed by atoms with van der Waals surface area (Å²) >= 11 is 0. The summed E-state index contributed by atoms with van der Waals surface area (Å²) in [6.07, 6.45) is 2.53. The Bertz CT molecular complexity index is 554. The van der Waals surface area contributed by atoms with Crippen molar-refractivity contribution in [2.45, 2.75) is 45.8 Å². The molecule has 26 heavy (non-hydrogen) atoms. The van der Waals surface area contributed by atoms with Gasteiger partial charge in [0.2, 0.25) is 0 Å². The summed E-state index contributed by atoms with van der Waals surface area (Å²) in [6.45, 7) is 6.82. The van der Waals surface area contributed by atoms with Crippen LogP contribution >= 0.6 is 0 Å². The Morgan fingerprint density at radius 1 is 1.00 bits per heavy atom. The molecule has 0 amide bonds. The first-order valence-corrected chi connectivity index (χ1v) is 9.18. The number of morpholine rings is 1. The standard InChI is InChI=1S/C18H27FN2O.CHF3/c1-14(2)18-15(13-20-5-3-4-6-20)11-16(12-17(18)19)21-7-9-22-10-8-21;2-1(3)4/h11-12,14H,3-10,13H2,1-2H3;1H. The Morgan fingerprint density at radius 3 is 2.12 bits per heavy atom. The normalized spacial score (nSPS) is 18.4. The van der Waals surface area contributed by atoms with Gasteiger partial charge in [-0.05, 0) is 55.1 Å². The fourth-order valence-electron chi connectivity index (χ4n) is 3.62. The number of benzene rings is 1. The highest BCUT2D eigenvalue weighted by Gasteiger charge is 2.21. The third-order valence-electron chi connectivity index (χ3n) is 4.75. The Morgan fingerprint density at radius 2 is 1.58 bits per heavy atom. The van der Waals surface area contributed by atoms with Crippen LogP contribution in [0.25, 0.3) is 0 Å². The molecule has 7 heteroatoms. The molecular formula is C19H28F4N2O. The molecule has 148 valence electrons. The Labute approximate surface area is 152 Å². The fourth-order valence-corrected chi connectivity index (χ4v) is 3.62. The van der Waals surface area contributed by atoms with Crippen molar-refractivity contribution in [3.63, 3.8) is 0 Å². The van der Waals surface area contributed by atoms with Crippen molar-refractivity contribution in [1.29, 1.82) is 0 Å². The lowest BCUT2D eigenvalue weighted by Crippen LogP contribution is -2.36. The monoisotopic (exact) mass is 376 g/mol. The van der Waals surface area contributed by atoms with Gasteiger partial charge in [-0.3, -0.25) is 4.90 Å². The number of hydrogen-bond acceptors (Lipinski definition) is 3. The van der Waals surface area contributed by atoms with E-state index in [-0.39, 0.29) is 11.7 Å². The quantitative estimate of drug-likeness (QED) is 0.717. The highest BCUT2D eigenvalue weighted by Crippen LogP contribution is 2.30. The van der Waals surface area contributed by atoms with E-state index in [1.54, 1.807) is 6.07 Å². The van der Waals surface area contributed by atoms with E-state index in [2.05, 4.69) is 29.7 Å². The number of alkyl halides is 3. The zero-order chi connectivity index (χ0) is 19.1. The molecule has 2 aliphatic rings. The maximum Gasteiger partial charge on any atom is 0.379 e. The van der Waals surface area contributed by atoms with E-state index < -0.39 is 6.68 Å². The topological polar surface area (TPSA) is 15.7 Å². The van der Waals surface area contributed by atoms with E-state index in [4.69, 9.17) is 4.74 Å². The van der Waals surface area contributed by atoms with Crippen molar-refractivity contribution in [2.24, 2.45) is 0 Å². The molecule has 0 spiro atoms. The number of halogens is 4. The highest BCUT2D eigenvalue weighted by molar-refractivity contribution is 5.53. The largest absolute Gasteiger partial charge is 0.379 e. The molecule has 2 aliphatic heterocycles. The molecule has 0 unspecified atom stereocenters. The van der Waals surface area contributed by atoms with Gasteiger partial charge >= 0.3 is 6.68 Å². The van der Waals surface area contributed by atoms with Crippen molar-refractivity contribution >= 4 is 5.69 Å². The van der Waals surface area contributed by atoms with Gasteiger partial charge in [0.1, 0.15) is 5.82 Å². The minimum Gasteiger partial charge on any atom is -0.378 e. The molecule has 0 aliphatic carbocycles. The van der Waals surface area contributed by atoms with Crippen LogP contribution in [0.3, 0.4) is 0 Å². The molecule has 2 heterocycles. The molecule has 3 rings (SSSR count). The van der Waals surface area contributed by atoms with Crippen LogP contribution in [0.5, 0.6) is 0 Å². The van der Waals surface area contributed by atoms with E-state index >= 15 is 0 Å². The molecule has 2 saturated heterocycles. The number of hydrogen-bond donors (Lipinski definition) is 0. The molecule has 0 N–H and O–H groups in total.